The Hall–Kier alpha value is -0.830. The second kappa shape index (κ2) is 5.92. The van der Waals surface area contributed by atoms with E-state index >= 15 is 0 Å². The molecule has 0 aromatic rings. The highest BCUT2D eigenvalue weighted by atomic mass is 32.1. The van der Waals surface area contributed by atoms with Crippen LogP contribution in [0.4, 0.5) is 0 Å². The van der Waals surface area contributed by atoms with Gasteiger partial charge in [-0.25, -0.2) is 0 Å². The highest BCUT2D eigenvalue weighted by Crippen LogP contribution is 1.80. The molecule has 0 spiro atoms. The molecule has 2 nitrogen and oxygen atoms in total. The van der Waals surface area contributed by atoms with Crippen LogP contribution in [0.5, 0.6) is 0 Å². The molecule has 0 aliphatic carbocycles. The Balaban J connectivity index is 3.51. The van der Waals surface area contributed by atoms with Crippen LogP contribution in [0.2, 0.25) is 0 Å². The normalized spacial score (nSPS) is 11.4. The van der Waals surface area contributed by atoms with Crippen LogP contribution < -0.4 is 10.6 Å². The summed E-state index contributed by atoms with van der Waals surface area (Å²) in [6, 6.07) is 0.208. The lowest BCUT2D eigenvalue weighted by Gasteiger charge is -2.11. The minimum atomic E-state index is 0.208. The van der Waals surface area contributed by atoms with Crippen molar-refractivity contribution in [1.82, 2.24) is 10.6 Å². The molecule has 62 valence electrons. The highest BCUT2D eigenvalue weighted by Gasteiger charge is 1.96. The molecule has 0 radical (unpaired) electrons. The van der Waals surface area contributed by atoms with Crippen molar-refractivity contribution in [1.29, 1.82) is 0 Å². The molecule has 3 heteroatoms. The zero-order valence-corrected chi connectivity index (χ0v) is 7.58. The SMILES string of the molecule is C=CCNC(=S)NC(C)C=C. The van der Waals surface area contributed by atoms with Crippen LogP contribution in [0.15, 0.2) is 25.3 Å². The predicted octanol–water partition coefficient (Wildman–Crippen LogP) is 1.21. The lowest BCUT2D eigenvalue weighted by molar-refractivity contribution is 0.787. The number of thiocarbonyl (C=S) groups is 1. The molecule has 0 aromatic heterocycles. The number of hydrogen-bond acceptors (Lipinski definition) is 1. The quantitative estimate of drug-likeness (QED) is 0.490. The van der Waals surface area contributed by atoms with Crippen molar-refractivity contribution in [3.05, 3.63) is 25.3 Å². The Kier molecular flexibility index (Phi) is 5.47. The van der Waals surface area contributed by atoms with Gasteiger partial charge in [0.25, 0.3) is 0 Å². The molecule has 0 aliphatic heterocycles. The summed E-state index contributed by atoms with van der Waals surface area (Å²) in [6.45, 7) is 9.86. The zero-order valence-electron chi connectivity index (χ0n) is 6.76. The van der Waals surface area contributed by atoms with Crippen LogP contribution in [0.1, 0.15) is 6.92 Å². The van der Waals surface area contributed by atoms with Gasteiger partial charge in [-0.05, 0) is 19.1 Å². The summed E-state index contributed by atoms with van der Waals surface area (Å²) < 4.78 is 0. The first-order chi connectivity index (χ1) is 5.20. The molecule has 2 N–H and O–H groups in total. The van der Waals surface area contributed by atoms with Crippen molar-refractivity contribution in [2.45, 2.75) is 13.0 Å². The van der Waals surface area contributed by atoms with Crippen molar-refractivity contribution in [2.24, 2.45) is 0 Å². The van der Waals surface area contributed by atoms with Gasteiger partial charge in [0.05, 0.1) is 0 Å². The molecule has 0 amide bonds. The molecular formula is C8H14N2S. The Morgan fingerprint density at radius 1 is 1.64 bits per heavy atom. The summed E-state index contributed by atoms with van der Waals surface area (Å²) >= 11 is 4.94. The van der Waals surface area contributed by atoms with Gasteiger partial charge < -0.3 is 10.6 Å². The first kappa shape index (κ1) is 10.2. The molecule has 0 fully saturated rings. The van der Waals surface area contributed by atoms with Gasteiger partial charge in [-0.2, -0.15) is 0 Å². The first-order valence-electron chi connectivity index (χ1n) is 3.48. The van der Waals surface area contributed by atoms with Crippen LogP contribution >= 0.6 is 12.2 Å². The fourth-order valence-electron chi connectivity index (χ4n) is 0.482. The highest BCUT2D eigenvalue weighted by molar-refractivity contribution is 7.80. The molecular weight excluding hydrogens is 156 g/mol. The third-order valence-corrected chi connectivity index (χ3v) is 1.38. The molecule has 1 atom stereocenters. The summed E-state index contributed by atoms with van der Waals surface area (Å²) in [5.41, 5.74) is 0. The Bertz CT molecular complexity index is 154. The van der Waals surface area contributed by atoms with Crippen molar-refractivity contribution in [2.75, 3.05) is 6.54 Å². The average Bonchev–Trinajstić information content (AvgIpc) is 2.00. The predicted molar refractivity (Wildman–Crippen MR) is 53.6 cm³/mol. The first-order valence-corrected chi connectivity index (χ1v) is 3.89. The topological polar surface area (TPSA) is 24.1 Å². The average molecular weight is 170 g/mol. The molecule has 0 saturated carbocycles. The van der Waals surface area contributed by atoms with Crippen LogP contribution in [-0.4, -0.2) is 17.7 Å². The molecule has 0 rings (SSSR count). The van der Waals surface area contributed by atoms with Crippen molar-refractivity contribution >= 4 is 17.3 Å². The third-order valence-electron chi connectivity index (χ3n) is 1.12. The third kappa shape index (κ3) is 5.61. The van der Waals surface area contributed by atoms with Crippen LogP contribution in [0.25, 0.3) is 0 Å². The standard InChI is InChI=1S/C8H14N2S/c1-4-6-9-8(11)10-7(3)5-2/h4-5,7H,1-2,6H2,3H3,(H2,9,10,11). The Labute approximate surface area is 73.4 Å². The van der Waals surface area contributed by atoms with Crippen LogP contribution in [-0.2, 0) is 0 Å². The van der Waals surface area contributed by atoms with Crippen molar-refractivity contribution in [3.63, 3.8) is 0 Å². The van der Waals surface area contributed by atoms with E-state index in [9.17, 15) is 0 Å². The van der Waals surface area contributed by atoms with Crippen LogP contribution in [0.3, 0.4) is 0 Å². The zero-order chi connectivity index (χ0) is 8.69. The van der Waals surface area contributed by atoms with E-state index in [0.29, 0.717) is 11.7 Å². The number of nitrogens with one attached hydrogen (secondary N) is 2. The molecule has 11 heavy (non-hydrogen) atoms. The summed E-state index contributed by atoms with van der Waals surface area (Å²) in [5, 5.41) is 6.61. The summed E-state index contributed by atoms with van der Waals surface area (Å²) in [5.74, 6) is 0. The van der Waals surface area contributed by atoms with Gasteiger partial charge in [0.15, 0.2) is 5.11 Å². The lowest BCUT2D eigenvalue weighted by Crippen LogP contribution is -2.39. The van der Waals surface area contributed by atoms with Gasteiger partial charge >= 0.3 is 0 Å². The van der Waals surface area contributed by atoms with E-state index < -0.39 is 0 Å². The van der Waals surface area contributed by atoms with E-state index in [1.807, 2.05) is 6.92 Å². The van der Waals surface area contributed by atoms with Gasteiger partial charge in [0.2, 0.25) is 0 Å². The minimum absolute atomic E-state index is 0.208. The largest absolute Gasteiger partial charge is 0.359 e. The maximum atomic E-state index is 4.94. The van der Waals surface area contributed by atoms with Gasteiger partial charge in [0.1, 0.15) is 0 Å². The summed E-state index contributed by atoms with van der Waals surface area (Å²) in [6.07, 6.45) is 3.55. The van der Waals surface area contributed by atoms with E-state index in [-0.39, 0.29) is 6.04 Å². The van der Waals surface area contributed by atoms with Gasteiger partial charge in [-0.15, -0.1) is 13.2 Å². The van der Waals surface area contributed by atoms with Crippen LogP contribution in [0, 0.1) is 0 Å². The lowest BCUT2D eigenvalue weighted by atomic mass is 10.3. The van der Waals surface area contributed by atoms with Gasteiger partial charge in [0, 0.05) is 12.6 Å². The second-order valence-corrected chi connectivity index (χ2v) is 2.58. The minimum Gasteiger partial charge on any atom is -0.359 e. The van der Waals surface area contributed by atoms with Gasteiger partial charge in [-0.3, -0.25) is 0 Å². The molecule has 0 aliphatic rings. The molecule has 0 aromatic carbocycles. The van der Waals surface area contributed by atoms with E-state index in [2.05, 4.69) is 23.8 Å². The monoisotopic (exact) mass is 170 g/mol. The maximum absolute atomic E-state index is 4.94. The molecule has 0 bridgehead atoms. The number of hydrogen-bond donors (Lipinski definition) is 2. The Morgan fingerprint density at radius 2 is 2.27 bits per heavy atom. The molecule has 1 unspecified atom stereocenters. The van der Waals surface area contributed by atoms with E-state index in [4.69, 9.17) is 12.2 Å². The number of rotatable bonds is 4. The van der Waals surface area contributed by atoms with Crippen molar-refractivity contribution in [3.8, 4) is 0 Å². The van der Waals surface area contributed by atoms with Gasteiger partial charge in [-0.1, -0.05) is 12.2 Å². The molecule has 0 saturated heterocycles. The fourth-order valence-corrected chi connectivity index (χ4v) is 0.751. The van der Waals surface area contributed by atoms with E-state index in [1.165, 1.54) is 0 Å². The fraction of sp³-hybridized carbons (Fsp3) is 0.375. The Morgan fingerprint density at radius 3 is 2.73 bits per heavy atom. The summed E-state index contributed by atoms with van der Waals surface area (Å²) in [4.78, 5) is 0. The van der Waals surface area contributed by atoms with E-state index in [1.54, 1.807) is 12.2 Å². The van der Waals surface area contributed by atoms with Crippen molar-refractivity contribution < 1.29 is 0 Å². The maximum Gasteiger partial charge on any atom is 0.166 e. The second-order valence-electron chi connectivity index (χ2n) is 2.17. The smallest absolute Gasteiger partial charge is 0.166 e. The molecule has 0 heterocycles. The summed E-state index contributed by atoms with van der Waals surface area (Å²) in [7, 11) is 0. The van der Waals surface area contributed by atoms with E-state index in [0.717, 1.165) is 0 Å².